The molecule has 0 spiro atoms. The van der Waals surface area contributed by atoms with E-state index in [1.165, 1.54) is 24.8 Å². The number of rotatable bonds is 3. The highest BCUT2D eigenvalue weighted by molar-refractivity contribution is 7.99. The fraction of sp³-hybridized carbons (Fsp3) is 0.316. The van der Waals surface area contributed by atoms with Crippen molar-refractivity contribution in [2.45, 2.75) is 11.7 Å². The lowest BCUT2D eigenvalue weighted by molar-refractivity contribution is 0.0766. The number of thioether (sulfide) groups is 1. The van der Waals surface area contributed by atoms with Crippen LogP contribution in [0.15, 0.2) is 48.5 Å². The minimum Gasteiger partial charge on any atom is -0.494 e. The summed E-state index contributed by atoms with van der Waals surface area (Å²) in [5.74, 6) is 0.409. The second-order valence-electron chi connectivity index (χ2n) is 5.70. The van der Waals surface area contributed by atoms with Gasteiger partial charge in [0.15, 0.2) is 11.6 Å². The summed E-state index contributed by atoms with van der Waals surface area (Å²) in [5.41, 5.74) is 1.67. The lowest BCUT2D eigenvalue weighted by Gasteiger charge is -2.20. The molecule has 1 aliphatic heterocycles. The summed E-state index contributed by atoms with van der Waals surface area (Å²) in [6, 6.07) is 14.8. The van der Waals surface area contributed by atoms with E-state index in [0.717, 1.165) is 12.2 Å². The van der Waals surface area contributed by atoms with Gasteiger partial charge in [0.05, 0.1) is 7.11 Å². The van der Waals surface area contributed by atoms with Crippen LogP contribution in [0.25, 0.3) is 0 Å². The highest BCUT2D eigenvalue weighted by atomic mass is 32.2. The van der Waals surface area contributed by atoms with Crippen molar-refractivity contribution < 1.29 is 13.9 Å². The van der Waals surface area contributed by atoms with Crippen molar-refractivity contribution in [3.63, 3.8) is 0 Å². The maximum absolute atomic E-state index is 13.8. The SMILES string of the molecule is COc1ccc(C(=O)N2CCSC(c3ccccc3)CC2)cc1F. The first kappa shape index (κ1) is 16.8. The predicted molar refractivity (Wildman–Crippen MR) is 95.1 cm³/mol. The molecule has 3 rings (SSSR count). The molecule has 0 N–H and O–H groups in total. The van der Waals surface area contributed by atoms with Gasteiger partial charge in [-0.15, -0.1) is 0 Å². The van der Waals surface area contributed by atoms with E-state index >= 15 is 0 Å². The van der Waals surface area contributed by atoms with Gasteiger partial charge in [-0.3, -0.25) is 4.79 Å². The largest absolute Gasteiger partial charge is 0.494 e. The third kappa shape index (κ3) is 3.73. The van der Waals surface area contributed by atoms with Gasteiger partial charge in [0.1, 0.15) is 0 Å². The first-order chi connectivity index (χ1) is 11.7. The van der Waals surface area contributed by atoms with Crippen LogP contribution in [-0.4, -0.2) is 36.8 Å². The first-order valence-corrected chi connectivity index (χ1v) is 9.03. The fourth-order valence-corrected chi connectivity index (χ4v) is 4.12. The van der Waals surface area contributed by atoms with Crippen LogP contribution in [0.3, 0.4) is 0 Å². The van der Waals surface area contributed by atoms with Gasteiger partial charge in [0.2, 0.25) is 0 Å². The zero-order chi connectivity index (χ0) is 16.9. The molecule has 1 aliphatic rings. The van der Waals surface area contributed by atoms with Crippen molar-refractivity contribution >= 4 is 17.7 Å². The third-order valence-electron chi connectivity index (χ3n) is 4.20. The number of halogens is 1. The van der Waals surface area contributed by atoms with E-state index in [1.807, 2.05) is 34.9 Å². The summed E-state index contributed by atoms with van der Waals surface area (Å²) in [6.45, 7) is 1.36. The number of benzene rings is 2. The summed E-state index contributed by atoms with van der Waals surface area (Å²) < 4.78 is 18.7. The topological polar surface area (TPSA) is 29.5 Å². The average Bonchev–Trinajstić information content (AvgIpc) is 2.88. The van der Waals surface area contributed by atoms with E-state index in [0.29, 0.717) is 23.9 Å². The Bertz CT molecular complexity index is 708. The molecule has 0 aromatic heterocycles. The fourth-order valence-electron chi connectivity index (χ4n) is 2.89. The van der Waals surface area contributed by atoms with Gasteiger partial charge in [-0.05, 0) is 30.2 Å². The van der Waals surface area contributed by atoms with Gasteiger partial charge in [-0.1, -0.05) is 30.3 Å². The third-order valence-corrected chi connectivity index (χ3v) is 5.53. The predicted octanol–water partition coefficient (Wildman–Crippen LogP) is 4.15. The summed E-state index contributed by atoms with van der Waals surface area (Å²) in [6.07, 6.45) is 0.902. The van der Waals surface area contributed by atoms with Gasteiger partial charge >= 0.3 is 0 Å². The lowest BCUT2D eigenvalue weighted by atomic mass is 10.1. The molecule has 1 amide bonds. The molecule has 24 heavy (non-hydrogen) atoms. The molecular formula is C19H20FNO2S. The van der Waals surface area contributed by atoms with Crippen LogP contribution in [0.2, 0.25) is 0 Å². The number of hydrogen-bond donors (Lipinski definition) is 0. The number of amides is 1. The Morgan fingerprint density at radius 1 is 1.21 bits per heavy atom. The molecule has 1 heterocycles. The second-order valence-corrected chi connectivity index (χ2v) is 7.01. The van der Waals surface area contributed by atoms with Crippen LogP contribution >= 0.6 is 11.8 Å². The van der Waals surface area contributed by atoms with E-state index in [4.69, 9.17) is 4.74 Å². The Labute approximate surface area is 145 Å². The first-order valence-electron chi connectivity index (χ1n) is 7.98. The molecular weight excluding hydrogens is 325 g/mol. The Hall–Kier alpha value is -2.01. The monoisotopic (exact) mass is 345 g/mol. The second kappa shape index (κ2) is 7.71. The molecule has 5 heteroatoms. The summed E-state index contributed by atoms with van der Waals surface area (Å²) in [7, 11) is 1.41. The average molecular weight is 345 g/mol. The van der Waals surface area contributed by atoms with Crippen molar-refractivity contribution in [3.05, 3.63) is 65.5 Å². The number of methoxy groups -OCH3 is 1. The van der Waals surface area contributed by atoms with Crippen LogP contribution in [0.4, 0.5) is 4.39 Å². The van der Waals surface area contributed by atoms with Gasteiger partial charge < -0.3 is 9.64 Å². The molecule has 2 aromatic carbocycles. The molecule has 1 saturated heterocycles. The van der Waals surface area contributed by atoms with Crippen molar-refractivity contribution in [2.24, 2.45) is 0 Å². The molecule has 2 aromatic rings. The molecule has 1 fully saturated rings. The van der Waals surface area contributed by atoms with E-state index in [1.54, 1.807) is 6.07 Å². The summed E-state index contributed by atoms with van der Waals surface area (Å²) in [5, 5.41) is 0.400. The maximum atomic E-state index is 13.8. The van der Waals surface area contributed by atoms with Crippen LogP contribution < -0.4 is 4.74 Å². The van der Waals surface area contributed by atoms with Crippen LogP contribution in [-0.2, 0) is 0 Å². The Morgan fingerprint density at radius 2 is 2.00 bits per heavy atom. The van der Waals surface area contributed by atoms with Crippen LogP contribution in [0, 0.1) is 5.82 Å². The minimum absolute atomic E-state index is 0.120. The molecule has 0 radical (unpaired) electrons. The molecule has 0 aliphatic carbocycles. The van der Waals surface area contributed by atoms with Gasteiger partial charge in [-0.2, -0.15) is 11.8 Å². The molecule has 126 valence electrons. The van der Waals surface area contributed by atoms with Crippen molar-refractivity contribution in [1.29, 1.82) is 0 Å². The van der Waals surface area contributed by atoms with E-state index in [9.17, 15) is 9.18 Å². The quantitative estimate of drug-likeness (QED) is 0.837. The van der Waals surface area contributed by atoms with Crippen molar-refractivity contribution in [2.75, 3.05) is 26.0 Å². The van der Waals surface area contributed by atoms with Crippen molar-refractivity contribution in [3.8, 4) is 5.75 Å². The van der Waals surface area contributed by atoms with Gasteiger partial charge in [-0.25, -0.2) is 4.39 Å². The molecule has 0 saturated carbocycles. The van der Waals surface area contributed by atoms with Gasteiger partial charge in [0, 0.05) is 29.7 Å². The number of carbonyl (C=O) groups excluding carboxylic acids is 1. The summed E-state index contributed by atoms with van der Waals surface area (Å²) >= 11 is 1.87. The standard InChI is InChI=1S/C19H20FNO2S/c1-23-17-8-7-15(13-16(17)20)19(22)21-10-9-18(24-12-11-21)14-5-3-2-4-6-14/h2-8,13,18H,9-12H2,1H3. The summed E-state index contributed by atoms with van der Waals surface area (Å²) in [4.78, 5) is 14.5. The Morgan fingerprint density at radius 3 is 2.71 bits per heavy atom. The van der Waals surface area contributed by atoms with E-state index in [-0.39, 0.29) is 11.7 Å². The van der Waals surface area contributed by atoms with Crippen LogP contribution in [0.5, 0.6) is 5.75 Å². The van der Waals surface area contributed by atoms with E-state index in [2.05, 4.69) is 12.1 Å². The number of carbonyl (C=O) groups is 1. The van der Waals surface area contributed by atoms with E-state index < -0.39 is 5.82 Å². The zero-order valence-corrected chi connectivity index (χ0v) is 14.4. The molecule has 1 atom stereocenters. The number of ether oxygens (including phenoxy) is 1. The zero-order valence-electron chi connectivity index (χ0n) is 13.6. The highest BCUT2D eigenvalue weighted by Gasteiger charge is 2.23. The van der Waals surface area contributed by atoms with Crippen molar-refractivity contribution in [1.82, 2.24) is 4.90 Å². The maximum Gasteiger partial charge on any atom is 0.253 e. The number of nitrogens with zero attached hydrogens (tertiary/aromatic N) is 1. The minimum atomic E-state index is -0.505. The molecule has 0 bridgehead atoms. The van der Waals surface area contributed by atoms with Crippen LogP contribution in [0.1, 0.15) is 27.6 Å². The Kier molecular flexibility index (Phi) is 5.41. The van der Waals surface area contributed by atoms with Gasteiger partial charge in [0.25, 0.3) is 5.91 Å². The highest BCUT2D eigenvalue weighted by Crippen LogP contribution is 2.34. The number of hydrogen-bond acceptors (Lipinski definition) is 3. The normalized spacial score (nSPS) is 18.1. The Balaban J connectivity index is 1.69. The smallest absolute Gasteiger partial charge is 0.253 e. The molecule has 1 unspecified atom stereocenters. The lowest BCUT2D eigenvalue weighted by Crippen LogP contribution is -2.33. The molecule has 3 nitrogen and oxygen atoms in total.